The van der Waals surface area contributed by atoms with E-state index in [1.165, 1.54) is 6.07 Å². The second-order valence-electron chi connectivity index (χ2n) is 5.79. The highest BCUT2D eigenvalue weighted by Crippen LogP contribution is 2.19. The van der Waals surface area contributed by atoms with Gasteiger partial charge in [-0.2, -0.15) is 0 Å². The molecule has 1 aromatic heterocycles. The van der Waals surface area contributed by atoms with E-state index >= 15 is 0 Å². The zero-order chi connectivity index (χ0) is 17.8. The van der Waals surface area contributed by atoms with Crippen molar-refractivity contribution < 1.29 is 9.53 Å². The lowest BCUT2D eigenvalue weighted by Gasteiger charge is -2.15. The number of benzene rings is 2. The molecule has 0 saturated heterocycles. The number of hydrogen-bond donors (Lipinski definition) is 2. The third-order valence-corrected chi connectivity index (χ3v) is 4.00. The van der Waals surface area contributed by atoms with Gasteiger partial charge in [0, 0.05) is 17.0 Å². The minimum absolute atomic E-state index is 0.175. The zero-order valence-electron chi connectivity index (χ0n) is 14.2. The van der Waals surface area contributed by atoms with E-state index in [1.54, 1.807) is 18.2 Å². The highest BCUT2D eigenvalue weighted by Gasteiger charge is 2.14. The van der Waals surface area contributed by atoms with Gasteiger partial charge in [-0.25, -0.2) is 0 Å². The molecule has 0 aliphatic heterocycles. The molecular formula is C20H20N2O3. The molecule has 128 valence electrons. The van der Waals surface area contributed by atoms with Crippen LogP contribution in [-0.4, -0.2) is 17.5 Å². The largest absolute Gasteiger partial charge is 0.494 e. The number of hydrogen-bond acceptors (Lipinski definition) is 3. The van der Waals surface area contributed by atoms with Crippen molar-refractivity contribution in [1.29, 1.82) is 0 Å². The number of aromatic nitrogens is 1. The molecule has 3 aromatic rings. The van der Waals surface area contributed by atoms with Crippen LogP contribution in [0.2, 0.25) is 0 Å². The van der Waals surface area contributed by atoms with E-state index in [0.29, 0.717) is 17.5 Å². The van der Waals surface area contributed by atoms with Crippen LogP contribution >= 0.6 is 0 Å². The summed E-state index contributed by atoms with van der Waals surface area (Å²) in [6.07, 6.45) is 0. The zero-order valence-corrected chi connectivity index (χ0v) is 14.2. The first kappa shape index (κ1) is 16.8. The van der Waals surface area contributed by atoms with Gasteiger partial charge in [0.25, 0.3) is 5.91 Å². The second kappa shape index (κ2) is 7.21. The van der Waals surface area contributed by atoms with Gasteiger partial charge in [-0.05, 0) is 43.7 Å². The van der Waals surface area contributed by atoms with Crippen molar-refractivity contribution in [3.05, 3.63) is 76.1 Å². The van der Waals surface area contributed by atoms with E-state index in [-0.39, 0.29) is 23.1 Å². The van der Waals surface area contributed by atoms with Crippen LogP contribution in [0.1, 0.15) is 35.9 Å². The Morgan fingerprint density at radius 1 is 1.16 bits per heavy atom. The standard InChI is InChI=1S/C20H20N2O3/c1-3-25-15-8-6-7-14(11-15)13(2)21-20(24)18-12-19(23)16-9-4-5-10-17(16)22-18/h4-13H,3H2,1-2H3,(H,21,24)(H,22,23). The van der Waals surface area contributed by atoms with Gasteiger partial charge in [0.1, 0.15) is 11.4 Å². The molecule has 5 heteroatoms. The number of H-pyrrole nitrogens is 1. The van der Waals surface area contributed by atoms with Gasteiger partial charge in [-0.15, -0.1) is 0 Å². The molecule has 2 aromatic carbocycles. The molecule has 0 aliphatic carbocycles. The normalized spacial score (nSPS) is 11.9. The molecule has 1 heterocycles. The maximum atomic E-state index is 12.5. The van der Waals surface area contributed by atoms with Gasteiger partial charge in [0.2, 0.25) is 0 Å². The molecule has 3 rings (SSSR count). The quantitative estimate of drug-likeness (QED) is 0.750. The number of amides is 1. The Hall–Kier alpha value is -3.08. The molecule has 0 aliphatic rings. The van der Waals surface area contributed by atoms with Gasteiger partial charge in [0.15, 0.2) is 5.43 Å². The number of carbonyl (C=O) groups is 1. The predicted molar refractivity (Wildman–Crippen MR) is 98.1 cm³/mol. The topological polar surface area (TPSA) is 71.2 Å². The van der Waals surface area contributed by atoms with E-state index in [9.17, 15) is 9.59 Å². The van der Waals surface area contributed by atoms with E-state index in [4.69, 9.17) is 4.74 Å². The Morgan fingerprint density at radius 2 is 1.96 bits per heavy atom. The summed E-state index contributed by atoms with van der Waals surface area (Å²) in [5, 5.41) is 3.48. The predicted octanol–water partition coefficient (Wildman–Crippen LogP) is 3.42. The number of nitrogens with one attached hydrogen (secondary N) is 2. The first-order chi connectivity index (χ1) is 12.1. The highest BCUT2D eigenvalue weighted by atomic mass is 16.5. The number of carbonyl (C=O) groups excluding carboxylic acids is 1. The van der Waals surface area contributed by atoms with Crippen molar-refractivity contribution >= 4 is 16.8 Å². The first-order valence-electron chi connectivity index (χ1n) is 8.24. The molecule has 0 saturated carbocycles. The number of aromatic amines is 1. The van der Waals surface area contributed by atoms with Crippen LogP contribution in [0.4, 0.5) is 0 Å². The number of rotatable bonds is 5. The lowest BCUT2D eigenvalue weighted by atomic mass is 10.1. The van der Waals surface area contributed by atoms with Gasteiger partial charge >= 0.3 is 0 Å². The summed E-state index contributed by atoms with van der Waals surface area (Å²) in [4.78, 5) is 27.7. The van der Waals surface area contributed by atoms with E-state index in [2.05, 4.69) is 10.3 Å². The minimum atomic E-state index is -0.322. The molecular weight excluding hydrogens is 316 g/mol. The van der Waals surface area contributed by atoms with Crippen molar-refractivity contribution in [2.75, 3.05) is 6.61 Å². The van der Waals surface area contributed by atoms with Crippen LogP contribution in [0.3, 0.4) is 0 Å². The molecule has 1 unspecified atom stereocenters. The number of pyridine rings is 1. The molecule has 5 nitrogen and oxygen atoms in total. The fourth-order valence-electron chi connectivity index (χ4n) is 2.72. The summed E-state index contributed by atoms with van der Waals surface area (Å²) in [6, 6.07) is 15.8. The Morgan fingerprint density at radius 3 is 2.76 bits per heavy atom. The summed E-state index contributed by atoms with van der Waals surface area (Å²) in [6.45, 7) is 4.40. The van der Waals surface area contributed by atoms with Crippen molar-refractivity contribution in [2.45, 2.75) is 19.9 Å². The Labute approximate surface area is 145 Å². The molecule has 0 spiro atoms. The van der Waals surface area contributed by atoms with Crippen LogP contribution in [0, 0.1) is 0 Å². The van der Waals surface area contributed by atoms with E-state index in [1.807, 2.05) is 44.2 Å². The minimum Gasteiger partial charge on any atom is -0.494 e. The third-order valence-electron chi connectivity index (χ3n) is 4.00. The number of para-hydroxylation sites is 1. The summed E-state index contributed by atoms with van der Waals surface area (Å²) in [5.74, 6) is 0.442. The second-order valence-corrected chi connectivity index (χ2v) is 5.79. The lowest BCUT2D eigenvalue weighted by molar-refractivity contribution is 0.0935. The van der Waals surface area contributed by atoms with Crippen LogP contribution in [0.15, 0.2) is 59.4 Å². The van der Waals surface area contributed by atoms with Crippen molar-refractivity contribution in [3.63, 3.8) is 0 Å². The number of ether oxygens (including phenoxy) is 1. The Kier molecular flexibility index (Phi) is 4.84. The Bertz CT molecular complexity index is 962. The fraction of sp³-hybridized carbons (Fsp3) is 0.200. The maximum Gasteiger partial charge on any atom is 0.268 e. The van der Waals surface area contributed by atoms with Gasteiger partial charge in [-0.1, -0.05) is 24.3 Å². The first-order valence-corrected chi connectivity index (χ1v) is 8.24. The summed E-state index contributed by atoms with van der Waals surface area (Å²) >= 11 is 0. The molecule has 0 radical (unpaired) electrons. The fourth-order valence-corrected chi connectivity index (χ4v) is 2.72. The van der Waals surface area contributed by atoms with Gasteiger partial charge < -0.3 is 15.0 Å². The van der Waals surface area contributed by atoms with Crippen LogP contribution in [0.5, 0.6) is 5.75 Å². The van der Waals surface area contributed by atoms with E-state index in [0.717, 1.165) is 11.3 Å². The lowest BCUT2D eigenvalue weighted by Crippen LogP contribution is -2.28. The molecule has 0 fully saturated rings. The molecule has 25 heavy (non-hydrogen) atoms. The average molecular weight is 336 g/mol. The Balaban J connectivity index is 1.82. The van der Waals surface area contributed by atoms with Crippen molar-refractivity contribution in [3.8, 4) is 5.75 Å². The smallest absolute Gasteiger partial charge is 0.268 e. The molecule has 1 amide bonds. The average Bonchev–Trinajstić information content (AvgIpc) is 2.62. The van der Waals surface area contributed by atoms with Crippen LogP contribution in [0.25, 0.3) is 10.9 Å². The molecule has 2 N–H and O–H groups in total. The SMILES string of the molecule is CCOc1cccc(C(C)NC(=O)c2cc(=O)c3ccccc3[nH]2)c1. The van der Waals surface area contributed by atoms with Crippen molar-refractivity contribution in [2.24, 2.45) is 0 Å². The molecule has 1 atom stereocenters. The number of fused-ring (bicyclic) bond motifs is 1. The van der Waals surface area contributed by atoms with E-state index < -0.39 is 0 Å². The van der Waals surface area contributed by atoms with Gasteiger partial charge in [0.05, 0.1) is 12.6 Å². The molecule has 0 bridgehead atoms. The van der Waals surface area contributed by atoms with Crippen molar-refractivity contribution in [1.82, 2.24) is 10.3 Å². The summed E-state index contributed by atoms with van der Waals surface area (Å²) in [5.41, 5.74) is 1.65. The monoisotopic (exact) mass is 336 g/mol. The maximum absolute atomic E-state index is 12.5. The summed E-state index contributed by atoms with van der Waals surface area (Å²) < 4.78 is 5.49. The summed E-state index contributed by atoms with van der Waals surface area (Å²) in [7, 11) is 0. The van der Waals surface area contributed by atoms with Crippen LogP contribution in [-0.2, 0) is 0 Å². The highest BCUT2D eigenvalue weighted by molar-refractivity contribution is 5.95. The van der Waals surface area contributed by atoms with Crippen LogP contribution < -0.4 is 15.5 Å². The van der Waals surface area contributed by atoms with Gasteiger partial charge in [-0.3, -0.25) is 9.59 Å². The third kappa shape index (κ3) is 3.71.